The summed E-state index contributed by atoms with van der Waals surface area (Å²) < 4.78 is 37.5. The minimum Gasteiger partial charge on any atom is -0.394 e. The van der Waals surface area contributed by atoms with E-state index in [0.29, 0.717) is 0 Å². The third-order valence-electron chi connectivity index (χ3n) is 8.18. The zero-order valence-electron chi connectivity index (χ0n) is 23.5. The van der Waals surface area contributed by atoms with Gasteiger partial charge in [-0.05, 0) is 0 Å². The third kappa shape index (κ3) is 7.59. The molecule has 21 heteroatoms. The van der Waals surface area contributed by atoms with Crippen LogP contribution in [0.2, 0.25) is 0 Å². The highest BCUT2D eigenvalue weighted by Gasteiger charge is 2.53. The molecule has 0 aliphatic carbocycles. The van der Waals surface area contributed by atoms with Crippen molar-refractivity contribution in [3.63, 3.8) is 0 Å². The molecule has 0 aromatic carbocycles. The van der Waals surface area contributed by atoms with E-state index in [1.54, 1.807) is 0 Å². The summed E-state index contributed by atoms with van der Waals surface area (Å²) in [4.78, 5) is 0. The van der Waals surface area contributed by atoms with Crippen LogP contribution in [-0.4, -0.2) is 221 Å². The van der Waals surface area contributed by atoms with E-state index in [2.05, 4.69) is 0 Å². The largest absolute Gasteiger partial charge is 0.394 e. The molecule has 4 aliphatic heterocycles. The fourth-order valence-electron chi connectivity index (χ4n) is 5.44. The molecule has 0 saturated carbocycles. The van der Waals surface area contributed by atoms with Crippen LogP contribution in [0.15, 0.2) is 0 Å². The molecule has 45 heavy (non-hydrogen) atoms. The number of rotatable bonds is 10. The van der Waals surface area contributed by atoms with Crippen LogP contribution < -0.4 is 0 Å². The molecule has 0 aromatic rings. The number of hydrogen-bond acceptors (Lipinski definition) is 21. The second-order valence-corrected chi connectivity index (χ2v) is 11.2. The zero-order valence-corrected chi connectivity index (χ0v) is 23.5. The fourth-order valence-corrected chi connectivity index (χ4v) is 5.44. The number of aliphatic hydroxyl groups is 14. The Morgan fingerprint density at radius 1 is 0.378 bits per heavy atom. The molecule has 14 N–H and O–H groups in total. The molecular formula is C24H42O21. The molecule has 0 radical (unpaired) electrons. The Bertz CT molecular complexity index is 912. The highest BCUT2D eigenvalue weighted by Crippen LogP contribution is 2.32. The first-order valence-electron chi connectivity index (χ1n) is 14.1. The molecule has 4 heterocycles. The highest BCUT2D eigenvalue weighted by atomic mass is 16.8. The third-order valence-corrected chi connectivity index (χ3v) is 8.18. The molecule has 21 nitrogen and oxygen atoms in total. The first-order chi connectivity index (χ1) is 21.2. The predicted octanol–water partition coefficient (Wildman–Crippen LogP) is -9.75. The van der Waals surface area contributed by atoms with Gasteiger partial charge in [0.15, 0.2) is 25.2 Å². The summed E-state index contributed by atoms with van der Waals surface area (Å²) in [6.45, 7) is -3.14. The van der Waals surface area contributed by atoms with Gasteiger partial charge < -0.3 is 105 Å². The predicted molar refractivity (Wildman–Crippen MR) is 134 cm³/mol. The molecule has 0 spiro atoms. The Kier molecular flexibility index (Phi) is 12.8. The van der Waals surface area contributed by atoms with Crippen LogP contribution in [-0.2, 0) is 33.2 Å². The average molecular weight is 667 g/mol. The van der Waals surface area contributed by atoms with Crippen molar-refractivity contribution >= 4 is 0 Å². The lowest BCUT2D eigenvalue weighted by Gasteiger charge is -2.48. The van der Waals surface area contributed by atoms with Crippen molar-refractivity contribution in [2.24, 2.45) is 0 Å². The van der Waals surface area contributed by atoms with Crippen LogP contribution in [0.4, 0.5) is 0 Å². The quantitative estimate of drug-likeness (QED) is 0.103. The molecule has 264 valence electrons. The van der Waals surface area contributed by atoms with Crippen LogP contribution in [0.5, 0.6) is 0 Å². The smallest absolute Gasteiger partial charge is 0.187 e. The SMILES string of the molecule is OC[C@H]1O[C@H](OC[C@H]2O[C@H](O[C@H]3[C@H](O)[C@@H](O)[C@@H](O[C@H]4[C@H](O)[C@@H](O)[C@@H](O)O[C@@H]4CO)O[C@@H]3CO)[C@H](O)[C@@H](O)[C@@H]2O)[C@@H](O)[C@@H](O)[C@@H]1O. The Labute approximate surface area is 254 Å². The van der Waals surface area contributed by atoms with Crippen LogP contribution in [0.1, 0.15) is 0 Å². The molecule has 0 amide bonds. The van der Waals surface area contributed by atoms with Crippen LogP contribution in [0, 0.1) is 0 Å². The summed E-state index contributed by atoms with van der Waals surface area (Å²) in [6.07, 6.45) is -35.0. The van der Waals surface area contributed by atoms with E-state index >= 15 is 0 Å². The fraction of sp³-hybridized carbons (Fsp3) is 1.00. The van der Waals surface area contributed by atoms with Crippen LogP contribution in [0.3, 0.4) is 0 Å². The van der Waals surface area contributed by atoms with Crippen molar-refractivity contribution in [2.45, 2.75) is 123 Å². The molecule has 0 bridgehead atoms. The van der Waals surface area contributed by atoms with E-state index in [9.17, 15) is 71.5 Å². The number of aliphatic hydroxyl groups excluding tert-OH is 14. The van der Waals surface area contributed by atoms with Gasteiger partial charge in [-0.2, -0.15) is 0 Å². The van der Waals surface area contributed by atoms with Gasteiger partial charge in [0.05, 0.1) is 26.4 Å². The summed E-state index contributed by atoms with van der Waals surface area (Å²) in [5.41, 5.74) is 0. The van der Waals surface area contributed by atoms with E-state index < -0.39 is 149 Å². The minimum absolute atomic E-state index is 0.683. The topological polar surface area (TPSA) is 348 Å². The van der Waals surface area contributed by atoms with Gasteiger partial charge in [0, 0.05) is 0 Å². The molecular weight excluding hydrogens is 624 g/mol. The van der Waals surface area contributed by atoms with E-state index in [1.165, 1.54) is 0 Å². The molecule has 4 aliphatic rings. The van der Waals surface area contributed by atoms with Gasteiger partial charge in [-0.1, -0.05) is 0 Å². The van der Waals surface area contributed by atoms with Gasteiger partial charge in [-0.25, -0.2) is 0 Å². The Balaban J connectivity index is 1.41. The lowest BCUT2D eigenvalue weighted by Crippen LogP contribution is -2.66. The standard InChI is InChI=1S/C24H42O21/c25-1-5-9(28)11(30)16(35)22(41-5)39-4-8-10(29)12(31)17(36)23(43-8)45-20-7(3-27)42-24(18(37)14(20)33)44-19-6(2-26)40-21(38)15(34)13(19)32/h5-38H,1-4H2/t5-,6-,7-,8-,9-,10-,11+,12+,13-,14-,15-,16+,17-,18-,19-,20-,21+,22+,23-,24-/m1/s1. The molecule has 4 fully saturated rings. The maximum atomic E-state index is 10.9. The van der Waals surface area contributed by atoms with Gasteiger partial charge in [0.25, 0.3) is 0 Å². The van der Waals surface area contributed by atoms with Crippen molar-refractivity contribution in [1.82, 2.24) is 0 Å². The summed E-state index contributed by atoms with van der Waals surface area (Å²) >= 11 is 0. The zero-order chi connectivity index (χ0) is 33.3. The van der Waals surface area contributed by atoms with Crippen molar-refractivity contribution in [2.75, 3.05) is 26.4 Å². The molecule has 0 aromatic heterocycles. The van der Waals surface area contributed by atoms with Crippen LogP contribution in [0.25, 0.3) is 0 Å². The van der Waals surface area contributed by atoms with Crippen molar-refractivity contribution < 1.29 is 105 Å². The molecule has 0 unspecified atom stereocenters. The highest BCUT2D eigenvalue weighted by molar-refractivity contribution is 4.96. The van der Waals surface area contributed by atoms with E-state index in [4.69, 9.17) is 33.2 Å². The average Bonchev–Trinajstić information content (AvgIpc) is 3.03. The van der Waals surface area contributed by atoms with Crippen molar-refractivity contribution in [3.05, 3.63) is 0 Å². The molecule has 4 rings (SSSR count). The maximum Gasteiger partial charge on any atom is 0.187 e. The summed E-state index contributed by atoms with van der Waals surface area (Å²) in [7, 11) is 0. The first kappa shape index (κ1) is 37.0. The van der Waals surface area contributed by atoms with Crippen molar-refractivity contribution in [1.29, 1.82) is 0 Å². The summed E-state index contributed by atoms with van der Waals surface area (Å²) in [5.74, 6) is 0. The molecule has 4 saturated heterocycles. The van der Waals surface area contributed by atoms with Gasteiger partial charge in [0.2, 0.25) is 0 Å². The molecule has 20 atom stereocenters. The summed E-state index contributed by atoms with van der Waals surface area (Å²) in [6, 6.07) is 0. The van der Waals surface area contributed by atoms with E-state index in [-0.39, 0.29) is 0 Å². The van der Waals surface area contributed by atoms with Crippen LogP contribution >= 0.6 is 0 Å². The summed E-state index contributed by atoms with van der Waals surface area (Å²) in [5, 5.41) is 142. The van der Waals surface area contributed by atoms with Gasteiger partial charge in [-0.15, -0.1) is 0 Å². The van der Waals surface area contributed by atoms with Gasteiger partial charge >= 0.3 is 0 Å². The van der Waals surface area contributed by atoms with Gasteiger partial charge in [0.1, 0.15) is 97.7 Å². The first-order valence-corrected chi connectivity index (χ1v) is 14.1. The monoisotopic (exact) mass is 666 g/mol. The number of ether oxygens (including phenoxy) is 7. The second-order valence-electron chi connectivity index (χ2n) is 11.2. The normalized spacial score (nSPS) is 52.9. The lowest BCUT2D eigenvalue weighted by atomic mass is 9.96. The Morgan fingerprint density at radius 3 is 1.31 bits per heavy atom. The van der Waals surface area contributed by atoms with Gasteiger partial charge in [-0.3, -0.25) is 0 Å². The van der Waals surface area contributed by atoms with E-state index in [1.807, 2.05) is 0 Å². The Hall–Kier alpha value is -0.840. The second kappa shape index (κ2) is 15.6. The number of hydrogen-bond donors (Lipinski definition) is 14. The minimum atomic E-state index is -2.00. The van der Waals surface area contributed by atoms with E-state index in [0.717, 1.165) is 0 Å². The van der Waals surface area contributed by atoms with Crippen molar-refractivity contribution in [3.8, 4) is 0 Å². The Morgan fingerprint density at radius 2 is 0.778 bits per heavy atom. The maximum absolute atomic E-state index is 10.9. The lowest BCUT2D eigenvalue weighted by molar-refractivity contribution is -0.380.